The fraction of sp³-hybridized carbons (Fsp3) is 0.263. The van der Waals surface area contributed by atoms with Crippen molar-refractivity contribution < 1.29 is 0 Å². The van der Waals surface area contributed by atoms with Gasteiger partial charge in [0.25, 0.3) is 0 Å². The van der Waals surface area contributed by atoms with Gasteiger partial charge in [0.2, 0.25) is 0 Å². The average Bonchev–Trinajstić information content (AvgIpc) is 2.86. The van der Waals surface area contributed by atoms with Crippen LogP contribution in [0.3, 0.4) is 0 Å². The molecule has 0 saturated carbocycles. The van der Waals surface area contributed by atoms with Crippen LogP contribution in [0.25, 0.3) is 0 Å². The van der Waals surface area contributed by atoms with E-state index in [2.05, 4.69) is 79.5 Å². The van der Waals surface area contributed by atoms with E-state index in [-0.39, 0.29) is 0 Å². The quantitative estimate of drug-likeness (QED) is 0.804. The Hall–Kier alpha value is -1.86. The Balaban J connectivity index is 1.84. The lowest BCUT2D eigenvalue weighted by atomic mass is 9.98. The molecule has 3 rings (SSSR count). The van der Waals surface area contributed by atoms with E-state index in [9.17, 15) is 0 Å². The summed E-state index contributed by atoms with van der Waals surface area (Å²) in [5, 5.41) is 3.78. The Labute approximate surface area is 121 Å². The van der Waals surface area contributed by atoms with Gasteiger partial charge in [-0.15, -0.1) is 6.58 Å². The number of nitrogens with one attached hydrogen (secondary N) is 1. The summed E-state index contributed by atoms with van der Waals surface area (Å²) in [6.07, 6.45) is 3.19. The van der Waals surface area contributed by atoms with Crippen LogP contribution in [0.4, 0.5) is 0 Å². The van der Waals surface area contributed by atoms with Crippen molar-refractivity contribution in [3.05, 3.63) is 83.9 Å². The molecule has 1 aliphatic carbocycles. The van der Waals surface area contributed by atoms with E-state index >= 15 is 0 Å². The van der Waals surface area contributed by atoms with Crippen molar-refractivity contribution in [3.8, 4) is 0 Å². The van der Waals surface area contributed by atoms with E-state index < -0.39 is 0 Å². The maximum absolute atomic E-state index is 4.02. The highest BCUT2D eigenvalue weighted by Gasteiger charge is 2.30. The van der Waals surface area contributed by atoms with Gasteiger partial charge in [-0.3, -0.25) is 0 Å². The molecular weight excluding hydrogens is 242 g/mol. The summed E-state index contributed by atoms with van der Waals surface area (Å²) >= 11 is 0. The number of hydrogen-bond donors (Lipinski definition) is 1. The highest BCUT2D eigenvalue weighted by atomic mass is 15.0. The first-order valence-electron chi connectivity index (χ1n) is 7.31. The SMILES string of the molecule is C=CC1Cc2ccccc2C1NC(C)c1ccccc1. The molecule has 2 aromatic carbocycles. The molecule has 102 valence electrons. The molecule has 1 N–H and O–H groups in total. The number of benzene rings is 2. The zero-order valence-electron chi connectivity index (χ0n) is 11.9. The summed E-state index contributed by atoms with van der Waals surface area (Å²) in [6.45, 7) is 6.25. The van der Waals surface area contributed by atoms with Crippen LogP contribution >= 0.6 is 0 Å². The molecule has 0 amide bonds. The number of rotatable bonds is 4. The van der Waals surface area contributed by atoms with Crippen LogP contribution in [0.5, 0.6) is 0 Å². The topological polar surface area (TPSA) is 12.0 Å². The van der Waals surface area contributed by atoms with Crippen molar-refractivity contribution in [2.45, 2.75) is 25.4 Å². The van der Waals surface area contributed by atoms with Crippen molar-refractivity contribution >= 4 is 0 Å². The standard InChI is InChI=1S/C19H21N/c1-3-15-13-17-11-7-8-12-18(17)19(15)20-14(2)16-9-5-4-6-10-16/h3-12,14-15,19-20H,1,13H2,2H3. The molecule has 0 bridgehead atoms. The third-order valence-corrected chi connectivity index (χ3v) is 4.31. The second-order valence-electron chi connectivity index (χ2n) is 5.58. The van der Waals surface area contributed by atoms with Gasteiger partial charge in [-0.2, -0.15) is 0 Å². The lowest BCUT2D eigenvalue weighted by Crippen LogP contribution is -2.27. The van der Waals surface area contributed by atoms with Crippen LogP contribution in [0, 0.1) is 5.92 Å². The van der Waals surface area contributed by atoms with Crippen molar-refractivity contribution in [1.29, 1.82) is 0 Å². The van der Waals surface area contributed by atoms with Gasteiger partial charge in [0.05, 0.1) is 0 Å². The van der Waals surface area contributed by atoms with Crippen LogP contribution in [-0.4, -0.2) is 0 Å². The van der Waals surface area contributed by atoms with Gasteiger partial charge in [-0.1, -0.05) is 60.7 Å². The summed E-state index contributed by atoms with van der Waals surface area (Å²) in [5.41, 5.74) is 4.22. The molecule has 0 radical (unpaired) electrons. The molecule has 0 heterocycles. The molecule has 1 heteroatoms. The van der Waals surface area contributed by atoms with Crippen molar-refractivity contribution in [2.75, 3.05) is 0 Å². The number of fused-ring (bicyclic) bond motifs is 1. The van der Waals surface area contributed by atoms with Gasteiger partial charge in [0.15, 0.2) is 0 Å². The zero-order valence-corrected chi connectivity index (χ0v) is 11.9. The zero-order chi connectivity index (χ0) is 13.9. The molecule has 0 fully saturated rings. The summed E-state index contributed by atoms with van der Waals surface area (Å²) in [7, 11) is 0. The van der Waals surface area contributed by atoms with Crippen LogP contribution < -0.4 is 5.32 Å². The average molecular weight is 263 g/mol. The largest absolute Gasteiger partial charge is 0.303 e. The third kappa shape index (κ3) is 2.41. The highest BCUT2D eigenvalue weighted by Crippen LogP contribution is 2.38. The molecule has 0 spiro atoms. The van der Waals surface area contributed by atoms with E-state index in [1.165, 1.54) is 16.7 Å². The van der Waals surface area contributed by atoms with Gasteiger partial charge in [-0.05, 0) is 30.0 Å². The third-order valence-electron chi connectivity index (χ3n) is 4.31. The highest BCUT2D eigenvalue weighted by molar-refractivity contribution is 5.37. The molecule has 3 atom stereocenters. The summed E-state index contributed by atoms with van der Waals surface area (Å²) in [4.78, 5) is 0. The molecule has 1 nitrogen and oxygen atoms in total. The molecular formula is C19H21N. The second-order valence-corrected chi connectivity index (χ2v) is 5.58. The van der Waals surface area contributed by atoms with Crippen LogP contribution in [0.15, 0.2) is 67.3 Å². The van der Waals surface area contributed by atoms with E-state index in [0.29, 0.717) is 18.0 Å². The predicted molar refractivity (Wildman–Crippen MR) is 84.6 cm³/mol. The van der Waals surface area contributed by atoms with Gasteiger partial charge in [0.1, 0.15) is 0 Å². The Morgan fingerprint density at radius 1 is 1.10 bits per heavy atom. The number of hydrogen-bond acceptors (Lipinski definition) is 1. The first-order chi connectivity index (χ1) is 9.79. The van der Waals surface area contributed by atoms with Crippen molar-refractivity contribution in [2.24, 2.45) is 5.92 Å². The smallest absolute Gasteiger partial charge is 0.0394 e. The maximum atomic E-state index is 4.02. The first-order valence-corrected chi connectivity index (χ1v) is 7.31. The van der Waals surface area contributed by atoms with Crippen molar-refractivity contribution in [1.82, 2.24) is 5.32 Å². The second kappa shape index (κ2) is 5.64. The van der Waals surface area contributed by atoms with Crippen LogP contribution in [0.1, 0.15) is 35.7 Å². The normalized spacial score (nSPS) is 22.2. The molecule has 2 aromatic rings. The molecule has 3 unspecified atom stereocenters. The van der Waals surface area contributed by atoms with E-state index in [0.717, 1.165) is 6.42 Å². The predicted octanol–water partition coefficient (Wildman–Crippen LogP) is 4.44. The minimum atomic E-state index is 0.342. The van der Waals surface area contributed by atoms with Crippen LogP contribution in [-0.2, 0) is 6.42 Å². The lowest BCUT2D eigenvalue weighted by molar-refractivity contribution is 0.407. The van der Waals surface area contributed by atoms with Gasteiger partial charge < -0.3 is 5.32 Å². The Kier molecular flexibility index (Phi) is 3.70. The van der Waals surface area contributed by atoms with Crippen LogP contribution in [0.2, 0.25) is 0 Å². The fourth-order valence-electron chi connectivity index (χ4n) is 3.17. The monoisotopic (exact) mass is 263 g/mol. The molecule has 0 aromatic heterocycles. The molecule has 0 aliphatic heterocycles. The molecule has 20 heavy (non-hydrogen) atoms. The van der Waals surface area contributed by atoms with E-state index in [4.69, 9.17) is 0 Å². The summed E-state index contributed by atoms with van der Waals surface area (Å²) in [6, 6.07) is 20.1. The minimum absolute atomic E-state index is 0.342. The first kappa shape index (κ1) is 13.1. The molecule has 0 saturated heterocycles. The van der Waals surface area contributed by atoms with E-state index in [1.54, 1.807) is 0 Å². The maximum Gasteiger partial charge on any atom is 0.0394 e. The lowest BCUT2D eigenvalue weighted by Gasteiger charge is -2.24. The fourth-order valence-corrected chi connectivity index (χ4v) is 3.17. The molecule has 1 aliphatic rings. The van der Waals surface area contributed by atoms with Crippen molar-refractivity contribution in [3.63, 3.8) is 0 Å². The summed E-state index contributed by atoms with van der Waals surface area (Å²) < 4.78 is 0. The van der Waals surface area contributed by atoms with Gasteiger partial charge in [-0.25, -0.2) is 0 Å². The Morgan fingerprint density at radius 2 is 1.80 bits per heavy atom. The Morgan fingerprint density at radius 3 is 2.55 bits per heavy atom. The van der Waals surface area contributed by atoms with Gasteiger partial charge in [0, 0.05) is 18.0 Å². The minimum Gasteiger partial charge on any atom is -0.303 e. The van der Waals surface area contributed by atoms with E-state index in [1.807, 2.05) is 0 Å². The van der Waals surface area contributed by atoms with Gasteiger partial charge >= 0.3 is 0 Å². The Bertz CT molecular complexity index is 588. The summed E-state index contributed by atoms with van der Waals surface area (Å²) in [5.74, 6) is 0.485.